The van der Waals surface area contributed by atoms with Crippen LogP contribution < -0.4 is 25.0 Å². The maximum Gasteiger partial charge on any atom is 1.00 e. The van der Waals surface area contributed by atoms with Gasteiger partial charge in [-0.15, -0.1) is 0 Å². The van der Waals surface area contributed by atoms with E-state index in [1.807, 2.05) is 0 Å². The summed E-state index contributed by atoms with van der Waals surface area (Å²) in [5, 5.41) is 0.602. The van der Waals surface area contributed by atoms with E-state index in [0.29, 0.717) is 5.04 Å². The summed E-state index contributed by atoms with van der Waals surface area (Å²) in [6, 6.07) is 0. The summed E-state index contributed by atoms with van der Waals surface area (Å²) in [4.78, 5) is 0. The van der Waals surface area contributed by atoms with Crippen molar-refractivity contribution in [2.24, 2.45) is 0 Å². The molecule has 0 aliphatic heterocycles. The average molecular weight is 139 g/mol. The second-order valence-corrected chi connectivity index (χ2v) is 6.75. The molecule has 0 radical (unpaired) electrons. The van der Waals surface area contributed by atoms with Gasteiger partial charge in [0.1, 0.15) is 0 Å². The molecule has 0 rings (SSSR count). The largest absolute Gasteiger partial charge is 1.00 e. The SMILES string of the molecule is C[Si-](C)C(C)(C)C.N.[Li+]. The van der Waals surface area contributed by atoms with Crippen molar-refractivity contribution in [3.05, 3.63) is 0 Å². The molecule has 0 heterocycles. The molecule has 0 aromatic rings. The van der Waals surface area contributed by atoms with E-state index in [1.165, 1.54) is 0 Å². The summed E-state index contributed by atoms with van der Waals surface area (Å²) in [5.41, 5.74) is 0. The van der Waals surface area contributed by atoms with Gasteiger partial charge in [0.2, 0.25) is 0 Å². The fourth-order valence-corrected chi connectivity index (χ4v) is 0. The molecular formula is C6H18LiNSi. The van der Waals surface area contributed by atoms with E-state index in [4.69, 9.17) is 0 Å². The minimum absolute atomic E-state index is 0. The maximum absolute atomic E-state index is 2.35. The maximum atomic E-state index is 2.35. The van der Waals surface area contributed by atoms with Crippen LogP contribution in [0.5, 0.6) is 0 Å². The molecule has 0 aliphatic carbocycles. The second-order valence-electron chi connectivity index (χ2n) is 3.25. The van der Waals surface area contributed by atoms with Crippen LogP contribution in [-0.4, -0.2) is 8.80 Å². The smallest absolute Gasteiger partial charge is 0.344 e. The van der Waals surface area contributed by atoms with Gasteiger partial charge in [0.25, 0.3) is 0 Å². The third-order valence-corrected chi connectivity index (χ3v) is 4.50. The van der Waals surface area contributed by atoms with Gasteiger partial charge >= 0.3 is 18.9 Å². The summed E-state index contributed by atoms with van der Waals surface area (Å²) in [5.74, 6) is 0. The van der Waals surface area contributed by atoms with E-state index in [2.05, 4.69) is 33.9 Å². The van der Waals surface area contributed by atoms with Crippen molar-refractivity contribution in [2.75, 3.05) is 0 Å². The molecule has 0 spiro atoms. The zero-order chi connectivity index (χ0) is 6.08. The van der Waals surface area contributed by atoms with Gasteiger partial charge in [-0.05, 0) is 0 Å². The predicted octanol–water partition coefficient (Wildman–Crippen LogP) is -0.293. The topological polar surface area (TPSA) is 35.0 Å². The first-order valence-electron chi connectivity index (χ1n) is 2.75. The molecule has 0 saturated heterocycles. The third-order valence-electron chi connectivity index (χ3n) is 1.50. The van der Waals surface area contributed by atoms with Crippen molar-refractivity contribution in [3.63, 3.8) is 0 Å². The molecule has 0 aromatic heterocycles. The van der Waals surface area contributed by atoms with Crippen LogP contribution in [0.15, 0.2) is 0 Å². The third kappa shape index (κ3) is 8.77. The normalized spacial score (nSPS) is 10.0. The fraction of sp³-hybridized carbons (Fsp3) is 1.00. The van der Waals surface area contributed by atoms with Gasteiger partial charge in [0.15, 0.2) is 0 Å². The quantitative estimate of drug-likeness (QED) is 0.460. The Labute approximate surface area is 73.0 Å². The summed E-state index contributed by atoms with van der Waals surface area (Å²) < 4.78 is 0. The molecule has 0 unspecified atom stereocenters. The Kier molecular flexibility index (Phi) is 10.1. The van der Waals surface area contributed by atoms with E-state index in [1.54, 1.807) is 0 Å². The average Bonchev–Trinajstić information content (AvgIpc) is 1.31. The van der Waals surface area contributed by atoms with E-state index >= 15 is 0 Å². The Morgan fingerprint density at radius 2 is 1.11 bits per heavy atom. The van der Waals surface area contributed by atoms with Crippen LogP contribution in [0.3, 0.4) is 0 Å². The van der Waals surface area contributed by atoms with Crippen molar-refractivity contribution >= 4 is 8.80 Å². The van der Waals surface area contributed by atoms with E-state index in [-0.39, 0.29) is 33.8 Å². The summed E-state index contributed by atoms with van der Waals surface area (Å²) >= 11 is 0. The van der Waals surface area contributed by atoms with Gasteiger partial charge in [-0.2, -0.15) is 18.1 Å². The molecule has 9 heavy (non-hydrogen) atoms. The first-order chi connectivity index (χ1) is 2.94. The Bertz CT molecular complexity index is 58.6. The Morgan fingerprint density at radius 3 is 1.11 bits per heavy atom. The van der Waals surface area contributed by atoms with Crippen LogP contribution in [0.4, 0.5) is 0 Å². The van der Waals surface area contributed by atoms with Crippen molar-refractivity contribution in [3.8, 4) is 0 Å². The Balaban J connectivity index is -0.000000180. The molecule has 52 valence electrons. The molecule has 3 heteroatoms. The molecule has 0 aromatic carbocycles. The molecule has 0 amide bonds. The van der Waals surface area contributed by atoms with E-state index < -0.39 is 0 Å². The Morgan fingerprint density at radius 1 is 1.00 bits per heavy atom. The van der Waals surface area contributed by atoms with Crippen LogP contribution in [0.1, 0.15) is 20.8 Å². The first-order valence-corrected chi connectivity index (χ1v) is 5.25. The van der Waals surface area contributed by atoms with Crippen LogP contribution in [0.25, 0.3) is 0 Å². The van der Waals surface area contributed by atoms with E-state index in [9.17, 15) is 0 Å². The standard InChI is InChI=1S/C6H15Si.Li.H3N/c1-6(2,3)7(4)5;;/h1-5H3;;1H3/q-1;+1;. The van der Waals surface area contributed by atoms with Crippen molar-refractivity contribution in [1.82, 2.24) is 6.15 Å². The molecule has 0 bridgehead atoms. The van der Waals surface area contributed by atoms with Crippen LogP contribution in [0.2, 0.25) is 18.1 Å². The summed E-state index contributed by atoms with van der Waals surface area (Å²) in [6.45, 7) is 11.6. The molecule has 0 aliphatic rings. The second kappa shape index (κ2) is 5.55. The number of hydrogen-bond acceptors (Lipinski definition) is 1. The van der Waals surface area contributed by atoms with E-state index in [0.717, 1.165) is 0 Å². The molecule has 3 N–H and O–H groups in total. The van der Waals surface area contributed by atoms with Gasteiger partial charge < -0.3 is 6.15 Å². The summed E-state index contributed by atoms with van der Waals surface area (Å²) in [7, 11) is -0.0502. The van der Waals surface area contributed by atoms with Crippen LogP contribution in [0, 0.1) is 0 Å². The molecule has 0 saturated carbocycles. The summed E-state index contributed by atoms with van der Waals surface area (Å²) in [6.07, 6.45) is 0. The molecule has 1 nitrogen and oxygen atoms in total. The van der Waals surface area contributed by atoms with Gasteiger partial charge in [-0.3, -0.25) is 8.80 Å². The number of hydrogen-bond donors (Lipinski definition) is 1. The fourth-order valence-electron chi connectivity index (χ4n) is 0. The van der Waals surface area contributed by atoms with Crippen molar-refractivity contribution < 1.29 is 18.9 Å². The van der Waals surface area contributed by atoms with Crippen LogP contribution in [-0.2, 0) is 0 Å². The Hall–Kier alpha value is 0.774. The molecule has 0 fully saturated rings. The number of rotatable bonds is 0. The van der Waals surface area contributed by atoms with Crippen LogP contribution >= 0.6 is 0 Å². The zero-order valence-electron chi connectivity index (χ0n) is 7.71. The molecular weight excluding hydrogens is 121 g/mol. The molecule has 0 atom stereocenters. The predicted molar refractivity (Wildman–Crippen MR) is 42.2 cm³/mol. The van der Waals surface area contributed by atoms with Crippen molar-refractivity contribution in [2.45, 2.75) is 38.9 Å². The minimum atomic E-state index is -0.0502. The van der Waals surface area contributed by atoms with Gasteiger partial charge in [0, 0.05) is 0 Å². The zero-order valence-corrected chi connectivity index (χ0v) is 8.71. The van der Waals surface area contributed by atoms with Crippen molar-refractivity contribution in [1.29, 1.82) is 0 Å². The first kappa shape index (κ1) is 16.4. The minimum Gasteiger partial charge on any atom is -0.344 e. The van der Waals surface area contributed by atoms with Gasteiger partial charge in [0.05, 0.1) is 0 Å². The monoisotopic (exact) mass is 139 g/mol. The van der Waals surface area contributed by atoms with Gasteiger partial charge in [-0.25, -0.2) is 0 Å². The van der Waals surface area contributed by atoms with Gasteiger partial charge in [-0.1, -0.05) is 20.8 Å².